The maximum atomic E-state index is 6.22. The number of hydrogen-bond donors (Lipinski definition) is 0. The molecule has 20 heavy (non-hydrogen) atoms. The van der Waals surface area contributed by atoms with Gasteiger partial charge in [0.25, 0.3) is 0 Å². The van der Waals surface area contributed by atoms with Crippen molar-refractivity contribution in [2.24, 2.45) is 0 Å². The van der Waals surface area contributed by atoms with Crippen molar-refractivity contribution in [2.75, 3.05) is 0 Å². The van der Waals surface area contributed by atoms with E-state index in [1.54, 1.807) is 0 Å². The first-order chi connectivity index (χ1) is 9.14. The van der Waals surface area contributed by atoms with Gasteiger partial charge >= 0.3 is 7.12 Å². The van der Waals surface area contributed by atoms with Crippen LogP contribution in [0.5, 0.6) is 0 Å². The molecule has 1 saturated heterocycles. The van der Waals surface area contributed by atoms with Crippen LogP contribution in [0.15, 0.2) is 18.2 Å². The minimum absolute atomic E-state index is 0.233. The van der Waals surface area contributed by atoms with Gasteiger partial charge in [0.05, 0.1) is 11.2 Å². The lowest BCUT2D eigenvalue weighted by Gasteiger charge is -2.32. The Labute approximate surface area is 123 Å². The van der Waals surface area contributed by atoms with Crippen LogP contribution in [0.4, 0.5) is 0 Å². The summed E-state index contributed by atoms with van der Waals surface area (Å²) < 4.78 is 12.4. The number of benzene rings is 1. The summed E-state index contributed by atoms with van der Waals surface area (Å²) in [6.45, 7) is 13.1. The molecule has 1 heterocycles. The molecule has 0 N–H and O–H groups in total. The maximum absolute atomic E-state index is 6.22. The quantitative estimate of drug-likeness (QED) is 0.731. The Morgan fingerprint density at radius 2 is 1.55 bits per heavy atom. The van der Waals surface area contributed by atoms with E-state index in [2.05, 4.69) is 59.7 Å². The van der Waals surface area contributed by atoms with E-state index in [4.69, 9.17) is 9.31 Å². The van der Waals surface area contributed by atoms with Gasteiger partial charge in [0, 0.05) is 0 Å². The van der Waals surface area contributed by atoms with E-state index < -0.39 is 0 Å². The van der Waals surface area contributed by atoms with Crippen molar-refractivity contribution in [2.45, 2.75) is 71.0 Å². The van der Waals surface area contributed by atoms with Crippen molar-refractivity contribution in [3.63, 3.8) is 0 Å². The van der Waals surface area contributed by atoms with Gasteiger partial charge in [0.1, 0.15) is 0 Å². The van der Waals surface area contributed by atoms with Crippen molar-refractivity contribution >= 4 is 12.6 Å². The van der Waals surface area contributed by atoms with Gasteiger partial charge in [-0.05, 0) is 62.5 Å². The van der Waals surface area contributed by atoms with Gasteiger partial charge < -0.3 is 9.31 Å². The Morgan fingerprint density at radius 3 is 2.15 bits per heavy atom. The van der Waals surface area contributed by atoms with Crippen molar-refractivity contribution < 1.29 is 9.31 Å². The highest BCUT2D eigenvalue weighted by atomic mass is 16.7. The molecule has 0 bridgehead atoms. The Bertz CT molecular complexity index is 530. The molecule has 1 fully saturated rings. The van der Waals surface area contributed by atoms with Gasteiger partial charge in [-0.25, -0.2) is 0 Å². The summed E-state index contributed by atoms with van der Waals surface area (Å²) >= 11 is 0. The van der Waals surface area contributed by atoms with Gasteiger partial charge in [-0.1, -0.05) is 32.0 Å². The molecule has 1 aromatic rings. The summed E-state index contributed by atoms with van der Waals surface area (Å²) in [5.74, 6) is 0. The van der Waals surface area contributed by atoms with Crippen LogP contribution in [0.1, 0.15) is 59.1 Å². The highest BCUT2D eigenvalue weighted by Gasteiger charge is 2.52. The van der Waals surface area contributed by atoms with E-state index >= 15 is 0 Å². The Hall–Kier alpha value is -0.795. The van der Waals surface area contributed by atoms with Crippen molar-refractivity contribution in [1.82, 2.24) is 0 Å². The number of rotatable bonds is 1. The third-order valence-corrected chi connectivity index (χ3v) is 5.45. The lowest BCUT2D eigenvalue weighted by Crippen LogP contribution is -2.41. The Morgan fingerprint density at radius 1 is 0.950 bits per heavy atom. The maximum Gasteiger partial charge on any atom is 0.495 e. The lowest BCUT2D eigenvalue weighted by atomic mass is 9.74. The molecule has 0 aromatic heterocycles. The topological polar surface area (TPSA) is 18.5 Å². The van der Waals surface area contributed by atoms with E-state index in [1.165, 1.54) is 23.0 Å². The van der Waals surface area contributed by atoms with E-state index in [-0.39, 0.29) is 23.7 Å². The summed E-state index contributed by atoms with van der Waals surface area (Å²) in [6.07, 6.45) is 2.33. The molecule has 2 nitrogen and oxygen atoms in total. The summed E-state index contributed by atoms with van der Waals surface area (Å²) in [6, 6.07) is 6.58. The zero-order chi connectivity index (χ0) is 14.8. The zero-order valence-corrected chi connectivity index (χ0v) is 13.5. The fraction of sp³-hybridized carbons (Fsp3) is 0.647. The average Bonchev–Trinajstić information content (AvgIpc) is 2.74. The van der Waals surface area contributed by atoms with Crippen LogP contribution >= 0.6 is 0 Å². The Kier molecular flexibility index (Phi) is 2.91. The normalized spacial score (nSPS) is 25.8. The molecular weight excluding hydrogens is 247 g/mol. The smallest absolute Gasteiger partial charge is 0.399 e. The third kappa shape index (κ3) is 1.94. The van der Waals surface area contributed by atoms with Crippen LogP contribution in [-0.2, 0) is 21.1 Å². The number of fused-ring (bicyclic) bond motifs is 1. The van der Waals surface area contributed by atoms with E-state index in [9.17, 15) is 0 Å². The third-order valence-electron chi connectivity index (χ3n) is 5.45. The van der Waals surface area contributed by atoms with Gasteiger partial charge in [0.15, 0.2) is 0 Å². The second kappa shape index (κ2) is 4.11. The molecule has 1 aliphatic carbocycles. The summed E-state index contributed by atoms with van der Waals surface area (Å²) in [4.78, 5) is 0. The van der Waals surface area contributed by atoms with Crippen LogP contribution in [0.25, 0.3) is 0 Å². The highest BCUT2D eigenvalue weighted by Crippen LogP contribution is 2.40. The fourth-order valence-electron chi connectivity index (χ4n) is 3.28. The predicted octanol–water partition coefficient (Wildman–Crippen LogP) is 3.21. The molecule has 2 aliphatic rings. The van der Waals surface area contributed by atoms with E-state index in [0.29, 0.717) is 0 Å². The molecule has 3 heteroatoms. The monoisotopic (exact) mass is 272 g/mol. The Balaban J connectivity index is 2.01. The lowest BCUT2D eigenvalue weighted by molar-refractivity contribution is 0.00578. The second-order valence-corrected chi connectivity index (χ2v) is 7.85. The summed E-state index contributed by atoms with van der Waals surface area (Å²) in [5.41, 5.74) is 3.87. The van der Waals surface area contributed by atoms with Gasteiger partial charge in [-0.2, -0.15) is 0 Å². The van der Waals surface area contributed by atoms with Crippen molar-refractivity contribution in [3.8, 4) is 0 Å². The van der Waals surface area contributed by atoms with Gasteiger partial charge in [0.2, 0.25) is 0 Å². The van der Waals surface area contributed by atoms with Crippen molar-refractivity contribution in [1.29, 1.82) is 0 Å². The zero-order valence-electron chi connectivity index (χ0n) is 13.5. The number of hydrogen-bond acceptors (Lipinski definition) is 2. The average molecular weight is 272 g/mol. The van der Waals surface area contributed by atoms with Crippen LogP contribution in [-0.4, -0.2) is 18.3 Å². The SMILES string of the molecule is CC1(C)CCc2c(B3OC(C)(C)C(C)(C)O3)cccc21. The molecule has 0 amide bonds. The molecule has 0 radical (unpaired) electrons. The molecule has 0 atom stereocenters. The molecule has 0 saturated carbocycles. The standard InChI is InChI=1S/C17H25BO2/c1-15(2)11-10-12-13(15)8-7-9-14(12)18-19-16(3,4)17(5,6)20-18/h7-9H,10-11H2,1-6H3. The van der Waals surface area contributed by atoms with Crippen molar-refractivity contribution in [3.05, 3.63) is 29.3 Å². The largest absolute Gasteiger partial charge is 0.495 e. The minimum atomic E-state index is -0.269. The van der Waals surface area contributed by atoms with Crippen LogP contribution in [0.2, 0.25) is 0 Å². The fourth-order valence-corrected chi connectivity index (χ4v) is 3.28. The van der Waals surface area contributed by atoms with Gasteiger partial charge in [-0.15, -0.1) is 0 Å². The minimum Gasteiger partial charge on any atom is -0.399 e. The highest BCUT2D eigenvalue weighted by molar-refractivity contribution is 6.62. The summed E-state index contributed by atoms with van der Waals surface area (Å²) in [7, 11) is -0.233. The van der Waals surface area contributed by atoms with E-state index in [0.717, 1.165) is 6.42 Å². The molecule has 1 aromatic carbocycles. The molecule has 3 rings (SSSR count). The first kappa shape index (κ1) is 14.2. The predicted molar refractivity (Wildman–Crippen MR) is 83.5 cm³/mol. The first-order valence-corrected chi connectivity index (χ1v) is 7.62. The summed E-state index contributed by atoms with van der Waals surface area (Å²) in [5, 5.41) is 0. The van der Waals surface area contributed by atoms with Crippen LogP contribution < -0.4 is 5.46 Å². The van der Waals surface area contributed by atoms with E-state index in [1.807, 2.05) is 0 Å². The van der Waals surface area contributed by atoms with Crippen LogP contribution in [0.3, 0.4) is 0 Å². The molecule has 0 spiro atoms. The molecular formula is C17H25BO2. The molecule has 0 unspecified atom stereocenters. The van der Waals surface area contributed by atoms with Gasteiger partial charge in [-0.3, -0.25) is 0 Å². The second-order valence-electron chi connectivity index (χ2n) is 7.85. The van der Waals surface area contributed by atoms with Crippen LogP contribution in [0, 0.1) is 0 Å². The molecule has 1 aliphatic heterocycles. The first-order valence-electron chi connectivity index (χ1n) is 7.62. The molecule has 108 valence electrons.